The van der Waals surface area contributed by atoms with E-state index in [9.17, 15) is 4.79 Å². The van der Waals surface area contributed by atoms with Gasteiger partial charge in [-0.1, -0.05) is 60.7 Å². The van der Waals surface area contributed by atoms with Crippen molar-refractivity contribution in [2.24, 2.45) is 0 Å². The van der Waals surface area contributed by atoms with Crippen LogP contribution in [0, 0.1) is 0 Å². The molecule has 1 aliphatic heterocycles. The van der Waals surface area contributed by atoms with Crippen LogP contribution in [0.2, 0.25) is 0 Å². The summed E-state index contributed by atoms with van der Waals surface area (Å²) >= 11 is 0. The van der Waals surface area contributed by atoms with Crippen LogP contribution in [0.15, 0.2) is 60.7 Å². The predicted octanol–water partition coefficient (Wildman–Crippen LogP) is 3.06. The molecule has 3 nitrogen and oxygen atoms in total. The van der Waals surface area contributed by atoms with E-state index in [1.165, 1.54) is 5.56 Å². The molecule has 1 fully saturated rings. The van der Waals surface area contributed by atoms with Crippen LogP contribution in [0.25, 0.3) is 0 Å². The van der Waals surface area contributed by atoms with Crippen LogP contribution >= 0.6 is 0 Å². The van der Waals surface area contributed by atoms with Gasteiger partial charge >= 0.3 is 0 Å². The lowest BCUT2D eigenvalue weighted by Crippen LogP contribution is -2.25. The van der Waals surface area contributed by atoms with Gasteiger partial charge in [-0.25, -0.2) is 0 Å². The summed E-state index contributed by atoms with van der Waals surface area (Å²) in [6, 6.07) is 19.8. The molecule has 0 spiro atoms. The number of carbonyl (C=O) groups excluding carboxylic acids is 1. The Kier molecular flexibility index (Phi) is 5.67. The molecule has 0 aliphatic carbocycles. The first-order valence-electron chi connectivity index (χ1n) is 7.18. The third kappa shape index (κ3) is 4.25. The molecule has 1 aliphatic rings. The average Bonchev–Trinajstić information content (AvgIpc) is 2.88. The van der Waals surface area contributed by atoms with E-state index in [4.69, 9.17) is 0 Å². The molecule has 0 unspecified atom stereocenters. The number of hydrogen-bond acceptors (Lipinski definition) is 3. The van der Waals surface area contributed by atoms with Crippen LogP contribution in [0.1, 0.15) is 22.1 Å². The summed E-state index contributed by atoms with van der Waals surface area (Å²) in [7, 11) is 4.36. The first kappa shape index (κ1) is 15.4. The van der Waals surface area contributed by atoms with Crippen LogP contribution < -0.4 is 0 Å². The topological polar surface area (TPSA) is 23.6 Å². The summed E-state index contributed by atoms with van der Waals surface area (Å²) in [6.07, 6.45) is 1.31. The van der Waals surface area contributed by atoms with Gasteiger partial charge in [0.25, 0.3) is 0 Å². The van der Waals surface area contributed by atoms with Crippen LogP contribution in [0.5, 0.6) is 0 Å². The normalized spacial score (nSPS) is 16.3. The number of benzene rings is 2. The van der Waals surface area contributed by atoms with E-state index < -0.39 is 0 Å². The van der Waals surface area contributed by atoms with Crippen LogP contribution in [-0.4, -0.2) is 43.3 Å². The van der Waals surface area contributed by atoms with Crippen LogP contribution in [0.4, 0.5) is 0 Å². The van der Waals surface area contributed by atoms with Gasteiger partial charge in [-0.15, -0.1) is 0 Å². The number of rotatable bonds is 2. The smallest absolute Gasteiger partial charge is 0.150 e. The Hall–Kier alpha value is -1.97. The molecular weight excluding hydrogens is 260 g/mol. The molecule has 0 N–H and O–H groups in total. The summed E-state index contributed by atoms with van der Waals surface area (Å²) in [4.78, 5) is 14.8. The standard InChI is InChI=1S/C11H16N2.C7H6O/c1-12-8-9-13(2)11(12)10-6-4-3-5-7-10;8-6-7-4-2-1-3-5-7/h3-7,11H,8-9H2,1-2H3;1-6H. The van der Waals surface area contributed by atoms with E-state index >= 15 is 0 Å². The molecule has 0 bridgehead atoms. The van der Waals surface area contributed by atoms with Gasteiger partial charge in [0.2, 0.25) is 0 Å². The van der Waals surface area contributed by atoms with E-state index in [1.807, 2.05) is 18.2 Å². The summed E-state index contributed by atoms with van der Waals surface area (Å²) in [5.74, 6) is 0. The monoisotopic (exact) mass is 282 g/mol. The molecule has 2 aromatic rings. The van der Waals surface area contributed by atoms with Crippen molar-refractivity contribution in [3.63, 3.8) is 0 Å². The largest absolute Gasteiger partial charge is 0.298 e. The molecule has 0 saturated carbocycles. The van der Waals surface area contributed by atoms with E-state index in [0.29, 0.717) is 6.17 Å². The number of carbonyl (C=O) groups is 1. The van der Waals surface area contributed by atoms with Crippen molar-refractivity contribution in [2.75, 3.05) is 27.2 Å². The molecule has 1 heterocycles. The lowest BCUT2D eigenvalue weighted by molar-refractivity contribution is 0.112. The fraction of sp³-hybridized carbons (Fsp3) is 0.278. The van der Waals surface area contributed by atoms with E-state index in [2.05, 4.69) is 54.2 Å². The van der Waals surface area contributed by atoms with Gasteiger partial charge in [0.05, 0.1) is 6.17 Å². The summed E-state index contributed by atoms with van der Waals surface area (Å²) in [5.41, 5.74) is 2.12. The fourth-order valence-corrected chi connectivity index (χ4v) is 2.56. The fourth-order valence-electron chi connectivity index (χ4n) is 2.56. The average molecular weight is 282 g/mol. The van der Waals surface area contributed by atoms with Gasteiger partial charge in [-0.3, -0.25) is 14.6 Å². The van der Waals surface area contributed by atoms with Crippen molar-refractivity contribution in [1.29, 1.82) is 0 Å². The Morgan fingerprint density at radius 2 is 1.33 bits per heavy atom. The molecule has 0 amide bonds. The zero-order valence-electron chi connectivity index (χ0n) is 12.6. The molecule has 0 radical (unpaired) electrons. The highest BCUT2D eigenvalue weighted by molar-refractivity contribution is 5.74. The molecule has 0 atom stereocenters. The summed E-state index contributed by atoms with van der Waals surface area (Å²) < 4.78 is 0. The van der Waals surface area contributed by atoms with Crippen molar-refractivity contribution < 1.29 is 4.79 Å². The third-order valence-corrected chi connectivity index (χ3v) is 3.67. The van der Waals surface area contributed by atoms with Crippen LogP contribution in [-0.2, 0) is 0 Å². The van der Waals surface area contributed by atoms with Gasteiger partial charge in [0.1, 0.15) is 6.29 Å². The number of hydrogen-bond donors (Lipinski definition) is 0. The molecule has 0 aromatic heterocycles. The lowest BCUT2D eigenvalue weighted by Gasteiger charge is -2.25. The predicted molar refractivity (Wildman–Crippen MR) is 86.3 cm³/mol. The highest BCUT2D eigenvalue weighted by atomic mass is 16.1. The van der Waals surface area contributed by atoms with E-state index in [-0.39, 0.29) is 0 Å². The second-order valence-corrected chi connectivity index (χ2v) is 5.27. The minimum atomic E-state index is 0.473. The lowest BCUT2D eigenvalue weighted by atomic mass is 10.1. The Morgan fingerprint density at radius 1 is 0.857 bits per heavy atom. The maximum absolute atomic E-state index is 10.0. The first-order valence-corrected chi connectivity index (χ1v) is 7.18. The Morgan fingerprint density at radius 3 is 1.76 bits per heavy atom. The van der Waals surface area contributed by atoms with Gasteiger partial charge in [0, 0.05) is 18.7 Å². The van der Waals surface area contributed by atoms with Crippen LogP contribution in [0.3, 0.4) is 0 Å². The van der Waals surface area contributed by atoms with Crippen molar-refractivity contribution in [3.8, 4) is 0 Å². The highest BCUT2D eigenvalue weighted by Gasteiger charge is 2.26. The Bertz CT molecular complexity index is 532. The summed E-state index contributed by atoms with van der Waals surface area (Å²) in [6.45, 7) is 2.33. The summed E-state index contributed by atoms with van der Waals surface area (Å²) in [5, 5.41) is 0. The minimum absolute atomic E-state index is 0.473. The van der Waals surface area contributed by atoms with E-state index in [0.717, 1.165) is 24.9 Å². The SMILES string of the molecule is CN1CCN(C)C1c1ccccc1.O=Cc1ccccc1. The van der Waals surface area contributed by atoms with Crippen molar-refractivity contribution in [3.05, 3.63) is 71.8 Å². The number of aldehydes is 1. The van der Waals surface area contributed by atoms with Gasteiger partial charge < -0.3 is 0 Å². The molecule has 3 rings (SSSR count). The molecule has 1 saturated heterocycles. The van der Waals surface area contributed by atoms with Crippen molar-refractivity contribution in [2.45, 2.75) is 6.17 Å². The first-order chi connectivity index (χ1) is 10.2. The molecule has 3 heteroatoms. The second kappa shape index (κ2) is 7.72. The van der Waals surface area contributed by atoms with Crippen molar-refractivity contribution in [1.82, 2.24) is 9.80 Å². The maximum Gasteiger partial charge on any atom is 0.150 e. The highest BCUT2D eigenvalue weighted by Crippen LogP contribution is 2.26. The van der Waals surface area contributed by atoms with Crippen molar-refractivity contribution >= 4 is 6.29 Å². The maximum atomic E-state index is 10.0. The Labute approximate surface area is 126 Å². The number of likely N-dealkylation sites (N-methyl/N-ethyl adjacent to an activating group) is 2. The van der Waals surface area contributed by atoms with Gasteiger partial charge in [0.15, 0.2) is 0 Å². The Balaban J connectivity index is 0.000000173. The third-order valence-electron chi connectivity index (χ3n) is 3.67. The zero-order valence-corrected chi connectivity index (χ0v) is 12.6. The van der Waals surface area contributed by atoms with Gasteiger partial charge in [-0.2, -0.15) is 0 Å². The minimum Gasteiger partial charge on any atom is -0.298 e. The van der Waals surface area contributed by atoms with Gasteiger partial charge in [-0.05, 0) is 19.7 Å². The molecular formula is C18H22N2O. The zero-order chi connectivity index (χ0) is 15.1. The molecule has 21 heavy (non-hydrogen) atoms. The van der Waals surface area contributed by atoms with E-state index in [1.54, 1.807) is 12.1 Å². The molecule has 110 valence electrons. The quantitative estimate of drug-likeness (QED) is 0.791. The second-order valence-electron chi connectivity index (χ2n) is 5.27. The number of nitrogens with zero attached hydrogens (tertiary/aromatic N) is 2. The molecule has 2 aromatic carbocycles.